The molecule has 4 amide bonds. The van der Waals surface area contributed by atoms with Crippen LogP contribution in [0, 0.1) is 0 Å². The number of urea groups is 2. The molecule has 0 aliphatic carbocycles. The highest BCUT2D eigenvalue weighted by Crippen LogP contribution is 2.13. The molecule has 0 saturated carbocycles. The molecule has 2 aliphatic heterocycles. The second kappa shape index (κ2) is 3.33. The zero-order chi connectivity index (χ0) is 10.1. The van der Waals surface area contributed by atoms with Crippen LogP contribution >= 0.6 is 0 Å². The summed E-state index contributed by atoms with van der Waals surface area (Å²) in [6.45, 7) is 2.56. The molecule has 0 aromatic rings. The Bertz CT molecular complexity index is 270. The maximum absolute atomic E-state index is 11.3. The predicted molar refractivity (Wildman–Crippen MR) is 46.1 cm³/mol. The lowest BCUT2D eigenvalue weighted by Gasteiger charge is -2.20. The van der Waals surface area contributed by atoms with Crippen LogP contribution in [-0.4, -0.2) is 42.6 Å². The van der Waals surface area contributed by atoms with Crippen molar-refractivity contribution >= 4 is 12.1 Å². The molecule has 3 N–H and O–H groups in total. The minimum absolute atomic E-state index is 0.186. The summed E-state index contributed by atoms with van der Waals surface area (Å²) < 4.78 is 5.12. The molecule has 2 heterocycles. The van der Waals surface area contributed by atoms with Gasteiger partial charge in [-0.2, -0.15) is 0 Å². The van der Waals surface area contributed by atoms with Crippen molar-refractivity contribution in [3.63, 3.8) is 0 Å². The van der Waals surface area contributed by atoms with E-state index < -0.39 is 0 Å². The Morgan fingerprint density at radius 3 is 2.86 bits per heavy atom. The molecule has 0 spiro atoms. The summed E-state index contributed by atoms with van der Waals surface area (Å²) in [4.78, 5) is 23.7. The zero-order valence-electron chi connectivity index (χ0n) is 7.74. The Morgan fingerprint density at radius 1 is 1.36 bits per heavy atom. The SMILES string of the molecule is CCOCN1C(=O)NC2NC(=O)NC21. The molecule has 7 nitrogen and oxygen atoms in total. The number of ether oxygens (including phenoxy) is 1. The van der Waals surface area contributed by atoms with Crippen LogP contribution in [0.4, 0.5) is 9.59 Å². The van der Waals surface area contributed by atoms with Crippen LogP contribution in [0.2, 0.25) is 0 Å². The van der Waals surface area contributed by atoms with Gasteiger partial charge < -0.3 is 20.7 Å². The van der Waals surface area contributed by atoms with Crippen molar-refractivity contribution in [1.29, 1.82) is 0 Å². The molecule has 2 fully saturated rings. The van der Waals surface area contributed by atoms with Gasteiger partial charge >= 0.3 is 12.1 Å². The molecule has 0 bridgehead atoms. The fourth-order valence-electron chi connectivity index (χ4n) is 1.52. The van der Waals surface area contributed by atoms with Crippen molar-refractivity contribution in [3.8, 4) is 0 Å². The quantitative estimate of drug-likeness (QED) is 0.544. The second-order valence-corrected chi connectivity index (χ2v) is 3.08. The molecule has 0 aromatic heterocycles. The van der Waals surface area contributed by atoms with Crippen molar-refractivity contribution < 1.29 is 14.3 Å². The molecular weight excluding hydrogens is 188 g/mol. The van der Waals surface area contributed by atoms with Crippen LogP contribution in [0.25, 0.3) is 0 Å². The third-order valence-corrected chi connectivity index (χ3v) is 2.19. The number of fused-ring (bicyclic) bond motifs is 1. The Labute approximate surface area is 80.8 Å². The van der Waals surface area contributed by atoms with Crippen LogP contribution in [0.5, 0.6) is 0 Å². The van der Waals surface area contributed by atoms with Crippen molar-refractivity contribution in [3.05, 3.63) is 0 Å². The summed E-state index contributed by atoms with van der Waals surface area (Å²) in [7, 11) is 0. The van der Waals surface area contributed by atoms with Crippen molar-refractivity contribution in [1.82, 2.24) is 20.9 Å². The average molecular weight is 200 g/mol. The van der Waals surface area contributed by atoms with E-state index in [1.807, 2.05) is 6.92 Å². The van der Waals surface area contributed by atoms with E-state index in [0.29, 0.717) is 6.61 Å². The van der Waals surface area contributed by atoms with E-state index in [1.165, 1.54) is 4.90 Å². The first-order valence-electron chi connectivity index (χ1n) is 4.44. The standard InChI is InChI=1S/C7H12N4O3/c1-2-14-3-11-5-4(9-7(11)13)8-6(12)10-5/h4-5H,2-3H2,1H3,(H,9,13)(H2,8,10,12). The number of hydrogen-bond acceptors (Lipinski definition) is 3. The van der Waals surface area contributed by atoms with Crippen LogP contribution in [0.3, 0.4) is 0 Å². The number of hydrogen-bond donors (Lipinski definition) is 3. The van der Waals surface area contributed by atoms with Crippen LogP contribution in [0.1, 0.15) is 6.92 Å². The molecule has 2 aliphatic rings. The fraction of sp³-hybridized carbons (Fsp3) is 0.714. The van der Waals surface area contributed by atoms with Crippen LogP contribution < -0.4 is 16.0 Å². The van der Waals surface area contributed by atoms with Gasteiger partial charge in [-0.3, -0.25) is 4.90 Å². The number of carbonyl (C=O) groups is 2. The molecule has 7 heteroatoms. The van der Waals surface area contributed by atoms with Gasteiger partial charge in [0.05, 0.1) is 0 Å². The molecule has 0 radical (unpaired) electrons. The van der Waals surface area contributed by atoms with E-state index >= 15 is 0 Å². The minimum atomic E-state index is -0.351. The number of nitrogens with one attached hydrogen (secondary N) is 3. The Kier molecular flexibility index (Phi) is 2.16. The minimum Gasteiger partial charge on any atom is -0.361 e. The van der Waals surface area contributed by atoms with E-state index in [0.717, 1.165) is 0 Å². The summed E-state index contributed by atoms with van der Waals surface area (Å²) in [5.41, 5.74) is 0. The molecule has 14 heavy (non-hydrogen) atoms. The van der Waals surface area contributed by atoms with Gasteiger partial charge in [0, 0.05) is 6.61 Å². The normalized spacial score (nSPS) is 29.6. The highest BCUT2D eigenvalue weighted by atomic mass is 16.5. The zero-order valence-corrected chi connectivity index (χ0v) is 7.74. The van der Waals surface area contributed by atoms with E-state index in [4.69, 9.17) is 4.74 Å². The van der Waals surface area contributed by atoms with E-state index in [2.05, 4.69) is 16.0 Å². The summed E-state index contributed by atoms with van der Waals surface area (Å²) in [5.74, 6) is 0. The molecule has 0 aromatic carbocycles. The maximum Gasteiger partial charge on any atom is 0.322 e. The van der Waals surface area contributed by atoms with Crippen molar-refractivity contribution in [2.45, 2.75) is 19.3 Å². The lowest BCUT2D eigenvalue weighted by Crippen LogP contribution is -2.44. The van der Waals surface area contributed by atoms with Gasteiger partial charge in [0.15, 0.2) is 0 Å². The first-order valence-corrected chi connectivity index (χ1v) is 4.44. The Balaban J connectivity index is 2.01. The van der Waals surface area contributed by atoms with E-state index in [-0.39, 0.29) is 31.1 Å². The third kappa shape index (κ3) is 1.35. The van der Waals surface area contributed by atoms with Crippen molar-refractivity contribution in [2.75, 3.05) is 13.3 Å². The maximum atomic E-state index is 11.3. The van der Waals surface area contributed by atoms with Gasteiger partial charge in [-0.25, -0.2) is 9.59 Å². The first kappa shape index (κ1) is 9.07. The van der Waals surface area contributed by atoms with Gasteiger partial charge in [-0.1, -0.05) is 0 Å². The highest BCUT2D eigenvalue weighted by Gasteiger charge is 2.45. The number of nitrogens with zero attached hydrogens (tertiary/aromatic N) is 1. The summed E-state index contributed by atoms with van der Waals surface area (Å²) in [6.07, 6.45) is -0.697. The topological polar surface area (TPSA) is 82.7 Å². The van der Waals surface area contributed by atoms with Crippen molar-refractivity contribution in [2.24, 2.45) is 0 Å². The average Bonchev–Trinajstić information content (AvgIpc) is 2.58. The van der Waals surface area contributed by atoms with Crippen LogP contribution in [0.15, 0.2) is 0 Å². The monoisotopic (exact) mass is 200 g/mol. The predicted octanol–water partition coefficient (Wildman–Crippen LogP) is -1.03. The smallest absolute Gasteiger partial charge is 0.322 e. The molecular formula is C7H12N4O3. The summed E-state index contributed by atoms with van der Waals surface area (Å²) >= 11 is 0. The number of carbonyl (C=O) groups excluding carboxylic acids is 2. The van der Waals surface area contributed by atoms with E-state index in [1.54, 1.807) is 0 Å². The molecule has 2 saturated heterocycles. The molecule has 2 atom stereocenters. The molecule has 2 unspecified atom stereocenters. The Morgan fingerprint density at radius 2 is 2.14 bits per heavy atom. The summed E-state index contributed by atoms with van der Waals surface area (Å²) in [6, 6.07) is -0.512. The summed E-state index contributed by atoms with van der Waals surface area (Å²) in [5, 5.41) is 7.81. The number of rotatable bonds is 3. The van der Waals surface area contributed by atoms with Gasteiger partial charge in [-0.05, 0) is 6.92 Å². The van der Waals surface area contributed by atoms with E-state index in [9.17, 15) is 9.59 Å². The fourth-order valence-corrected chi connectivity index (χ4v) is 1.52. The van der Waals surface area contributed by atoms with Gasteiger partial charge in [0.2, 0.25) is 0 Å². The third-order valence-electron chi connectivity index (χ3n) is 2.19. The van der Waals surface area contributed by atoms with Gasteiger partial charge in [0.25, 0.3) is 0 Å². The Hall–Kier alpha value is -1.50. The second-order valence-electron chi connectivity index (χ2n) is 3.08. The largest absolute Gasteiger partial charge is 0.361 e. The highest BCUT2D eigenvalue weighted by molar-refractivity contribution is 5.84. The molecule has 78 valence electrons. The van der Waals surface area contributed by atoms with Crippen LogP contribution in [-0.2, 0) is 4.74 Å². The molecule has 2 rings (SSSR count). The van der Waals surface area contributed by atoms with Gasteiger partial charge in [0.1, 0.15) is 19.1 Å². The first-order chi connectivity index (χ1) is 6.72. The van der Waals surface area contributed by atoms with Gasteiger partial charge in [-0.15, -0.1) is 0 Å². The lowest BCUT2D eigenvalue weighted by atomic mass is 10.4. The lowest BCUT2D eigenvalue weighted by molar-refractivity contribution is 0.0436. The number of amides is 4.